The standard InChI is InChI=1S/C17H23N/c1-12(2)15(5)13(3)11-18-14(4)10-16-8-6-7-9-17(16)18/h6-9,14H,1,10-11H2,2-5H3/b15-13+. The van der Waals surface area contributed by atoms with Crippen molar-refractivity contribution >= 4 is 5.69 Å². The van der Waals surface area contributed by atoms with Crippen molar-refractivity contribution in [3.63, 3.8) is 0 Å². The van der Waals surface area contributed by atoms with Gasteiger partial charge >= 0.3 is 0 Å². The maximum Gasteiger partial charge on any atom is 0.0404 e. The van der Waals surface area contributed by atoms with Crippen LogP contribution in [0.3, 0.4) is 0 Å². The second kappa shape index (κ2) is 5.01. The number of fused-ring (bicyclic) bond motifs is 1. The van der Waals surface area contributed by atoms with E-state index in [9.17, 15) is 0 Å². The molecule has 1 aromatic carbocycles. The van der Waals surface area contributed by atoms with E-state index in [1.807, 2.05) is 0 Å². The van der Waals surface area contributed by atoms with Crippen LogP contribution in [0.25, 0.3) is 0 Å². The highest BCUT2D eigenvalue weighted by molar-refractivity contribution is 5.60. The molecule has 1 aromatic rings. The Morgan fingerprint density at radius 3 is 2.61 bits per heavy atom. The maximum atomic E-state index is 4.04. The van der Waals surface area contributed by atoms with Crippen LogP contribution in [0.4, 0.5) is 5.69 Å². The van der Waals surface area contributed by atoms with E-state index in [-0.39, 0.29) is 0 Å². The van der Waals surface area contributed by atoms with Gasteiger partial charge in [0.15, 0.2) is 0 Å². The molecule has 1 nitrogen and oxygen atoms in total. The first-order chi connectivity index (χ1) is 8.50. The Hall–Kier alpha value is -1.50. The molecule has 2 rings (SSSR count). The van der Waals surface area contributed by atoms with Gasteiger partial charge in [0.2, 0.25) is 0 Å². The summed E-state index contributed by atoms with van der Waals surface area (Å²) in [4.78, 5) is 2.51. The summed E-state index contributed by atoms with van der Waals surface area (Å²) >= 11 is 0. The molecule has 1 atom stereocenters. The first-order valence-corrected chi connectivity index (χ1v) is 6.67. The van der Waals surface area contributed by atoms with Crippen LogP contribution in [0.5, 0.6) is 0 Å². The van der Waals surface area contributed by atoms with E-state index in [0.717, 1.165) is 13.0 Å². The van der Waals surface area contributed by atoms with E-state index in [2.05, 4.69) is 63.4 Å². The van der Waals surface area contributed by atoms with Crippen LogP contribution >= 0.6 is 0 Å². The summed E-state index contributed by atoms with van der Waals surface area (Å²) < 4.78 is 0. The molecule has 1 heteroatoms. The fraction of sp³-hybridized carbons (Fsp3) is 0.412. The molecule has 0 bridgehead atoms. The zero-order chi connectivity index (χ0) is 13.3. The van der Waals surface area contributed by atoms with Gasteiger partial charge < -0.3 is 4.90 Å². The summed E-state index contributed by atoms with van der Waals surface area (Å²) in [6.45, 7) is 13.8. The van der Waals surface area contributed by atoms with Gasteiger partial charge in [-0.2, -0.15) is 0 Å². The molecule has 1 unspecified atom stereocenters. The largest absolute Gasteiger partial charge is 0.364 e. The van der Waals surface area contributed by atoms with Gasteiger partial charge in [0.05, 0.1) is 0 Å². The van der Waals surface area contributed by atoms with Crippen LogP contribution in [0.2, 0.25) is 0 Å². The molecule has 0 saturated carbocycles. The van der Waals surface area contributed by atoms with Crippen molar-refractivity contribution in [3.05, 3.63) is 53.1 Å². The van der Waals surface area contributed by atoms with Crippen molar-refractivity contribution in [2.24, 2.45) is 0 Å². The average molecular weight is 241 g/mol. The van der Waals surface area contributed by atoms with Crippen LogP contribution in [-0.2, 0) is 6.42 Å². The molecule has 0 N–H and O–H groups in total. The first-order valence-electron chi connectivity index (χ1n) is 6.67. The number of nitrogens with zero attached hydrogens (tertiary/aromatic N) is 1. The number of hydrogen-bond acceptors (Lipinski definition) is 1. The zero-order valence-corrected chi connectivity index (χ0v) is 12.0. The third kappa shape index (κ3) is 2.35. The zero-order valence-electron chi connectivity index (χ0n) is 12.0. The molecule has 0 spiro atoms. The van der Waals surface area contributed by atoms with Crippen molar-refractivity contribution in [3.8, 4) is 0 Å². The van der Waals surface area contributed by atoms with Crippen molar-refractivity contribution in [1.29, 1.82) is 0 Å². The average Bonchev–Trinajstić information content (AvgIpc) is 2.65. The lowest BCUT2D eigenvalue weighted by Crippen LogP contribution is -2.31. The van der Waals surface area contributed by atoms with Crippen LogP contribution in [0.15, 0.2) is 47.6 Å². The quantitative estimate of drug-likeness (QED) is 0.711. The second-order valence-corrected chi connectivity index (χ2v) is 5.50. The number of allylic oxidation sites excluding steroid dienone is 2. The van der Waals surface area contributed by atoms with E-state index in [1.54, 1.807) is 0 Å². The predicted molar refractivity (Wildman–Crippen MR) is 80.1 cm³/mol. The molecule has 0 fully saturated rings. The van der Waals surface area contributed by atoms with Crippen molar-refractivity contribution in [1.82, 2.24) is 0 Å². The van der Waals surface area contributed by atoms with Crippen molar-refractivity contribution in [2.45, 2.75) is 40.2 Å². The molecule has 0 amide bonds. The molecule has 0 saturated heterocycles. The Kier molecular flexibility index (Phi) is 3.60. The number of hydrogen-bond donors (Lipinski definition) is 0. The molecule has 0 aromatic heterocycles. The number of benzene rings is 1. The Morgan fingerprint density at radius 1 is 1.28 bits per heavy atom. The topological polar surface area (TPSA) is 3.24 Å². The molecule has 0 aliphatic carbocycles. The van der Waals surface area contributed by atoms with Gasteiger partial charge in [-0.15, -0.1) is 0 Å². The molecular formula is C17H23N. The van der Waals surface area contributed by atoms with E-state index in [0.29, 0.717) is 6.04 Å². The molecule has 0 radical (unpaired) electrons. The Balaban J connectivity index is 2.25. The summed E-state index contributed by atoms with van der Waals surface area (Å²) in [5.74, 6) is 0. The number of para-hydroxylation sites is 1. The lowest BCUT2D eigenvalue weighted by Gasteiger charge is -2.26. The lowest BCUT2D eigenvalue weighted by molar-refractivity contribution is 0.695. The second-order valence-electron chi connectivity index (χ2n) is 5.50. The minimum absolute atomic E-state index is 0.593. The smallest absolute Gasteiger partial charge is 0.0404 e. The fourth-order valence-electron chi connectivity index (χ4n) is 2.61. The normalized spacial score (nSPS) is 19.6. The van der Waals surface area contributed by atoms with E-state index in [4.69, 9.17) is 0 Å². The summed E-state index contributed by atoms with van der Waals surface area (Å²) in [7, 11) is 0. The third-order valence-corrected chi connectivity index (χ3v) is 4.04. The highest BCUT2D eigenvalue weighted by atomic mass is 15.2. The summed E-state index contributed by atoms with van der Waals surface area (Å²) in [5, 5.41) is 0. The summed E-state index contributed by atoms with van der Waals surface area (Å²) in [6, 6.07) is 9.35. The van der Waals surface area contributed by atoms with Gasteiger partial charge in [0, 0.05) is 18.3 Å². The Morgan fingerprint density at radius 2 is 1.94 bits per heavy atom. The maximum absolute atomic E-state index is 4.04. The van der Waals surface area contributed by atoms with Gasteiger partial charge in [-0.3, -0.25) is 0 Å². The SMILES string of the molecule is C=C(C)/C(C)=C(\C)CN1c2ccccc2CC1C. The van der Waals surface area contributed by atoms with Crippen molar-refractivity contribution in [2.75, 3.05) is 11.4 Å². The third-order valence-electron chi connectivity index (χ3n) is 4.04. The fourth-order valence-corrected chi connectivity index (χ4v) is 2.61. The van der Waals surface area contributed by atoms with Gasteiger partial charge in [0.25, 0.3) is 0 Å². The lowest BCUT2D eigenvalue weighted by atomic mass is 10.0. The van der Waals surface area contributed by atoms with Crippen molar-refractivity contribution < 1.29 is 0 Å². The van der Waals surface area contributed by atoms with E-state index in [1.165, 1.54) is 28.0 Å². The summed E-state index contributed by atoms with van der Waals surface area (Å²) in [5.41, 5.74) is 6.81. The number of anilines is 1. The molecular weight excluding hydrogens is 218 g/mol. The number of rotatable bonds is 3. The van der Waals surface area contributed by atoms with Crippen LogP contribution in [-0.4, -0.2) is 12.6 Å². The Bertz CT molecular complexity index is 496. The van der Waals surface area contributed by atoms with Crippen LogP contribution in [0.1, 0.15) is 33.3 Å². The minimum Gasteiger partial charge on any atom is -0.364 e. The van der Waals surface area contributed by atoms with Crippen LogP contribution < -0.4 is 4.90 Å². The van der Waals surface area contributed by atoms with Gasteiger partial charge in [0.1, 0.15) is 0 Å². The predicted octanol–water partition coefficient (Wildman–Crippen LogP) is 4.35. The van der Waals surface area contributed by atoms with Gasteiger partial charge in [-0.1, -0.05) is 35.9 Å². The monoisotopic (exact) mass is 241 g/mol. The van der Waals surface area contributed by atoms with Gasteiger partial charge in [-0.25, -0.2) is 0 Å². The molecule has 1 aliphatic heterocycles. The highest BCUT2D eigenvalue weighted by Gasteiger charge is 2.25. The minimum atomic E-state index is 0.593. The van der Waals surface area contributed by atoms with E-state index < -0.39 is 0 Å². The highest BCUT2D eigenvalue weighted by Crippen LogP contribution is 2.32. The molecule has 1 aliphatic rings. The molecule has 1 heterocycles. The summed E-state index contributed by atoms with van der Waals surface area (Å²) in [6.07, 6.45) is 1.16. The van der Waals surface area contributed by atoms with Gasteiger partial charge in [-0.05, 0) is 51.3 Å². The molecule has 96 valence electrons. The van der Waals surface area contributed by atoms with E-state index >= 15 is 0 Å². The van der Waals surface area contributed by atoms with Crippen LogP contribution in [0, 0.1) is 0 Å². The molecule has 18 heavy (non-hydrogen) atoms. The Labute approximate surface area is 111 Å². The first kappa shape index (κ1) is 12.9.